The number of methoxy groups -OCH3 is 3. The van der Waals surface area contributed by atoms with Gasteiger partial charge in [-0.2, -0.15) is 0 Å². The number of nitrogens with zero attached hydrogens (tertiary/aromatic N) is 1. The smallest absolute Gasteiger partial charge is 0.256 e. The van der Waals surface area contributed by atoms with E-state index < -0.39 is 11.5 Å². The van der Waals surface area contributed by atoms with Gasteiger partial charge in [-0.05, 0) is 50.3 Å². The summed E-state index contributed by atoms with van der Waals surface area (Å²) in [5.74, 6) is 2.24. The van der Waals surface area contributed by atoms with Gasteiger partial charge in [0.05, 0.1) is 38.7 Å². The molecular weight excluding hydrogens is 370 g/mol. The summed E-state index contributed by atoms with van der Waals surface area (Å²) < 4.78 is 22.3. The molecule has 2 heterocycles. The molecule has 0 aliphatic carbocycles. The van der Waals surface area contributed by atoms with Crippen LogP contribution in [0.25, 0.3) is 6.08 Å². The molecule has 156 valence electrons. The van der Waals surface area contributed by atoms with Gasteiger partial charge in [-0.25, -0.2) is 4.98 Å². The van der Waals surface area contributed by atoms with E-state index in [1.807, 2.05) is 58.0 Å². The SMILES string of the molecule is COc1ccc(C(C)(C)C(O)c2ccc3c(c2OC)C=CC(C)(C)O3)nc1OC. The standard InChI is InChI=1S/C23H29NO5/c1-22(2)13-12-14-16(29-22)9-8-15(19(14)27-6)20(25)23(3,4)18-11-10-17(26-5)21(24-18)28-7/h8-13,20,25H,1-7H3. The third kappa shape index (κ3) is 3.77. The Balaban J connectivity index is 2.05. The van der Waals surface area contributed by atoms with Gasteiger partial charge in [-0.1, -0.05) is 13.8 Å². The van der Waals surface area contributed by atoms with Gasteiger partial charge < -0.3 is 24.1 Å². The number of hydrogen-bond donors (Lipinski definition) is 1. The fourth-order valence-corrected chi connectivity index (χ4v) is 3.51. The predicted octanol–water partition coefficient (Wildman–Crippen LogP) is 4.30. The molecule has 0 spiro atoms. The maximum Gasteiger partial charge on any atom is 0.256 e. The van der Waals surface area contributed by atoms with Gasteiger partial charge in [0.15, 0.2) is 5.75 Å². The van der Waals surface area contributed by atoms with Crippen molar-refractivity contribution in [3.63, 3.8) is 0 Å². The first kappa shape index (κ1) is 21.0. The van der Waals surface area contributed by atoms with Gasteiger partial charge in [0.2, 0.25) is 0 Å². The van der Waals surface area contributed by atoms with Crippen molar-refractivity contribution in [3.8, 4) is 23.1 Å². The molecule has 3 rings (SSSR count). The first-order valence-electron chi connectivity index (χ1n) is 9.51. The highest BCUT2D eigenvalue weighted by Crippen LogP contribution is 2.46. The molecule has 0 bridgehead atoms. The molecule has 2 aromatic rings. The van der Waals surface area contributed by atoms with E-state index in [1.165, 1.54) is 0 Å². The molecule has 0 fully saturated rings. The topological polar surface area (TPSA) is 70.0 Å². The molecule has 1 N–H and O–H groups in total. The lowest BCUT2D eigenvalue weighted by molar-refractivity contribution is 0.0941. The molecule has 29 heavy (non-hydrogen) atoms. The van der Waals surface area contributed by atoms with Crippen molar-refractivity contribution in [3.05, 3.63) is 47.2 Å². The van der Waals surface area contributed by atoms with Gasteiger partial charge in [-0.3, -0.25) is 0 Å². The summed E-state index contributed by atoms with van der Waals surface area (Å²) in [5.41, 5.74) is 1.05. The number of rotatable bonds is 6. The summed E-state index contributed by atoms with van der Waals surface area (Å²) in [5, 5.41) is 11.4. The highest BCUT2D eigenvalue weighted by Gasteiger charge is 2.36. The zero-order valence-electron chi connectivity index (χ0n) is 18.1. The number of ether oxygens (including phenoxy) is 4. The van der Waals surface area contributed by atoms with Crippen molar-refractivity contribution in [2.45, 2.75) is 44.8 Å². The van der Waals surface area contributed by atoms with Crippen molar-refractivity contribution >= 4 is 6.08 Å². The molecule has 0 saturated heterocycles. The fourth-order valence-electron chi connectivity index (χ4n) is 3.51. The lowest BCUT2D eigenvalue weighted by atomic mass is 9.78. The van der Waals surface area contributed by atoms with Crippen LogP contribution in [0.4, 0.5) is 0 Å². The van der Waals surface area contributed by atoms with Gasteiger partial charge >= 0.3 is 0 Å². The Bertz CT molecular complexity index is 933. The van der Waals surface area contributed by atoms with Gasteiger partial charge in [0.1, 0.15) is 17.1 Å². The zero-order valence-corrected chi connectivity index (χ0v) is 18.1. The van der Waals surface area contributed by atoms with Gasteiger partial charge in [-0.15, -0.1) is 0 Å². The Labute approximate surface area is 172 Å². The third-order valence-corrected chi connectivity index (χ3v) is 5.29. The molecule has 6 heteroatoms. The maximum absolute atomic E-state index is 11.4. The molecule has 0 saturated carbocycles. The van der Waals surface area contributed by atoms with Crippen LogP contribution in [-0.4, -0.2) is 37.0 Å². The molecule has 0 amide bonds. The summed E-state index contributed by atoms with van der Waals surface area (Å²) in [6, 6.07) is 7.35. The van der Waals surface area contributed by atoms with E-state index in [2.05, 4.69) is 4.98 Å². The number of pyridine rings is 1. The van der Waals surface area contributed by atoms with E-state index in [4.69, 9.17) is 18.9 Å². The molecule has 0 radical (unpaired) electrons. The first-order valence-corrected chi connectivity index (χ1v) is 9.51. The van der Waals surface area contributed by atoms with Crippen molar-refractivity contribution in [2.75, 3.05) is 21.3 Å². The van der Waals surface area contributed by atoms with Crippen LogP contribution in [0.1, 0.15) is 50.6 Å². The van der Waals surface area contributed by atoms with Crippen LogP contribution in [0.3, 0.4) is 0 Å². The average molecular weight is 399 g/mol. The number of aromatic nitrogens is 1. The van der Waals surface area contributed by atoms with Crippen molar-refractivity contribution in [1.29, 1.82) is 0 Å². The van der Waals surface area contributed by atoms with Crippen molar-refractivity contribution in [2.24, 2.45) is 0 Å². The summed E-state index contributed by atoms with van der Waals surface area (Å²) in [7, 11) is 4.70. The molecule has 6 nitrogen and oxygen atoms in total. The molecule has 1 aromatic carbocycles. The number of aliphatic hydroxyl groups is 1. The first-order chi connectivity index (χ1) is 13.6. The van der Waals surface area contributed by atoms with E-state index in [0.717, 1.165) is 11.3 Å². The van der Waals surface area contributed by atoms with Gasteiger partial charge in [0.25, 0.3) is 5.88 Å². The second-order valence-electron chi connectivity index (χ2n) is 8.17. The minimum absolute atomic E-state index is 0.376. The highest BCUT2D eigenvalue weighted by molar-refractivity contribution is 5.69. The van der Waals surface area contributed by atoms with Crippen LogP contribution in [0.2, 0.25) is 0 Å². The fraction of sp³-hybridized carbons (Fsp3) is 0.435. The lowest BCUT2D eigenvalue weighted by Crippen LogP contribution is -2.30. The Kier molecular flexibility index (Phi) is 5.50. The minimum atomic E-state index is -0.878. The Morgan fingerprint density at radius 1 is 1.03 bits per heavy atom. The number of hydrogen-bond acceptors (Lipinski definition) is 6. The summed E-state index contributed by atoms with van der Waals surface area (Å²) >= 11 is 0. The second kappa shape index (κ2) is 7.59. The van der Waals surface area contributed by atoms with Crippen LogP contribution >= 0.6 is 0 Å². The van der Waals surface area contributed by atoms with E-state index in [9.17, 15) is 5.11 Å². The van der Waals surface area contributed by atoms with E-state index in [1.54, 1.807) is 27.4 Å². The third-order valence-electron chi connectivity index (χ3n) is 5.29. The summed E-state index contributed by atoms with van der Waals surface area (Å²) in [6.45, 7) is 7.85. The average Bonchev–Trinajstić information content (AvgIpc) is 2.70. The molecule has 1 atom stereocenters. The van der Waals surface area contributed by atoms with E-state index >= 15 is 0 Å². The number of fused-ring (bicyclic) bond motifs is 1. The zero-order chi connectivity index (χ0) is 21.4. The molecule has 1 unspecified atom stereocenters. The number of benzene rings is 1. The summed E-state index contributed by atoms with van der Waals surface area (Å²) in [6.07, 6.45) is 3.08. The van der Waals surface area contributed by atoms with Gasteiger partial charge in [0, 0.05) is 11.0 Å². The molecular formula is C23H29NO5. The highest BCUT2D eigenvalue weighted by atomic mass is 16.5. The molecule has 1 aliphatic rings. The second-order valence-corrected chi connectivity index (χ2v) is 8.17. The normalized spacial score (nSPS) is 15.9. The maximum atomic E-state index is 11.4. The Morgan fingerprint density at radius 2 is 1.76 bits per heavy atom. The van der Waals surface area contributed by atoms with Crippen LogP contribution < -0.4 is 18.9 Å². The van der Waals surface area contributed by atoms with Crippen molar-refractivity contribution in [1.82, 2.24) is 4.98 Å². The van der Waals surface area contributed by atoms with Crippen LogP contribution in [-0.2, 0) is 5.41 Å². The minimum Gasteiger partial charge on any atom is -0.496 e. The van der Waals surface area contributed by atoms with Crippen LogP contribution in [0.5, 0.6) is 23.1 Å². The van der Waals surface area contributed by atoms with Crippen LogP contribution in [0, 0.1) is 0 Å². The molecule has 1 aromatic heterocycles. The summed E-state index contributed by atoms with van der Waals surface area (Å²) in [4.78, 5) is 4.56. The Morgan fingerprint density at radius 3 is 2.38 bits per heavy atom. The van der Waals surface area contributed by atoms with E-state index in [-0.39, 0.29) is 5.60 Å². The predicted molar refractivity (Wildman–Crippen MR) is 112 cm³/mol. The Hall–Kier alpha value is -2.73. The van der Waals surface area contributed by atoms with E-state index in [0.29, 0.717) is 28.6 Å². The molecule has 1 aliphatic heterocycles. The van der Waals surface area contributed by atoms with Crippen molar-refractivity contribution < 1.29 is 24.1 Å². The monoisotopic (exact) mass is 399 g/mol. The van der Waals surface area contributed by atoms with Crippen LogP contribution in [0.15, 0.2) is 30.3 Å². The number of aliphatic hydroxyl groups excluding tert-OH is 1. The quantitative estimate of drug-likeness (QED) is 0.781. The largest absolute Gasteiger partial charge is 0.496 e. The lowest BCUT2D eigenvalue weighted by Gasteiger charge is -2.33.